The Morgan fingerprint density at radius 3 is 2.68 bits per heavy atom. The molecule has 0 aromatic carbocycles. The van der Waals surface area contributed by atoms with E-state index in [1.807, 2.05) is 0 Å². The van der Waals surface area contributed by atoms with Crippen LogP contribution in [0.15, 0.2) is 22.2 Å². The standard InChI is InChI=1S/C13H16N2O5S.Na/c1-6(16)10-8-5-9(21-4-3-14-7(2)17)11(13(19)20)15(8)12(10)18;/h3-4,6,8,10,16H,5H2,1-2H3,(H,14,17)(H,19,20);/q;+1/p-1/b4-3+;/t6-,8?,10?;/m1./s1. The number of fused-ring (bicyclic) bond motifs is 1. The van der Waals surface area contributed by atoms with Crippen LogP contribution in [0.25, 0.3) is 0 Å². The van der Waals surface area contributed by atoms with Crippen LogP contribution < -0.4 is 40.0 Å². The van der Waals surface area contributed by atoms with Crippen molar-refractivity contribution in [2.24, 2.45) is 5.92 Å². The van der Waals surface area contributed by atoms with Gasteiger partial charge in [-0.15, -0.1) is 0 Å². The zero-order valence-corrected chi connectivity index (χ0v) is 15.3. The molecule has 1 saturated heterocycles. The number of thioether (sulfide) groups is 1. The van der Waals surface area contributed by atoms with E-state index in [1.165, 1.54) is 30.4 Å². The molecular formula is C13H15N2NaO5S. The number of carboxylic acid groups (broad SMARTS) is 1. The van der Waals surface area contributed by atoms with Gasteiger partial charge < -0.3 is 25.2 Å². The Balaban J connectivity index is 0.00000242. The van der Waals surface area contributed by atoms with Crippen LogP contribution in [0.2, 0.25) is 0 Å². The van der Waals surface area contributed by atoms with E-state index in [1.54, 1.807) is 0 Å². The molecule has 22 heavy (non-hydrogen) atoms. The first-order valence-corrected chi connectivity index (χ1v) is 7.27. The molecule has 0 bridgehead atoms. The zero-order valence-electron chi connectivity index (χ0n) is 12.5. The molecule has 0 aromatic rings. The van der Waals surface area contributed by atoms with Gasteiger partial charge in [-0.25, -0.2) is 0 Å². The number of nitrogens with one attached hydrogen (secondary N) is 1. The maximum atomic E-state index is 11.9. The maximum Gasteiger partial charge on any atom is 1.00 e. The predicted octanol–water partition coefficient (Wildman–Crippen LogP) is -4.10. The van der Waals surface area contributed by atoms with E-state index in [0.29, 0.717) is 11.3 Å². The molecule has 2 unspecified atom stereocenters. The second-order valence-electron chi connectivity index (χ2n) is 4.93. The van der Waals surface area contributed by atoms with E-state index in [0.717, 1.165) is 11.8 Å². The minimum Gasteiger partial charge on any atom is -0.543 e. The Morgan fingerprint density at radius 1 is 1.55 bits per heavy atom. The zero-order chi connectivity index (χ0) is 15.7. The normalized spacial score (nSPS) is 24.7. The third-order valence-corrected chi connectivity index (χ3v) is 4.36. The van der Waals surface area contributed by atoms with Crippen LogP contribution in [0, 0.1) is 5.92 Å². The van der Waals surface area contributed by atoms with Crippen LogP contribution in [-0.4, -0.2) is 39.9 Å². The van der Waals surface area contributed by atoms with Crippen molar-refractivity contribution in [1.29, 1.82) is 0 Å². The van der Waals surface area contributed by atoms with Crippen molar-refractivity contribution in [3.05, 3.63) is 22.2 Å². The van der Waals surface area contributed by atoms with E-state index < -0.39 is 23.9 Å². The van der Waals surface area contributed by atoms with Gasteiger partial charge in [0.2, 0.25) is 11.8 Å². The second kappa shape index (κ2) is 7.65. The molecule has 1 fully saturated rings. The molecule has 9 heteroatoms. The summed E-state index contributed by atoms with van der Waals surface area (Å²) in [5.74, 6) is -2.61. The first-order chi connectivity index (χ1) is 9.84. The van der Waals surface area contributed by atoms with Crippen molar-refractivity contribution >= 4 is 29.5 Å². The number of hydrogen-bond donors (Lipinski definition) is 2. The average Bonchev–Trinajstić information content (AvgIpc) is 2.68. The van der Waals surface area contributed by atoms with Gasteiger partial charge in [0.15, 0.2) is 0 Å². The number of nitrogens with zero attached hydrogens (tertiary/aromatic N) is 1. The third-order valence-electron chi connectivity index (χ3n) is 3.45. The van der Waals surface area contributed by atoms with Crippen molar-refractivity contribution in [3.8, 4) is 0 Å². The van der Waals surface area contributed by atoms with Crippen LogP contribution in [0.5, 0.6) is 0 Å². The summed E-state index contributed by atoms with van der Waals surface area (Å²) in [5.41, 5.74) is -0.139. The SMILES string of the molecule is CC(=O)N/C=C/SC1=C(C(=O)[O-])N2C(=O)C([C@@H](C)O)C2C1.[Na+]. The Hall–Kier alpha value is -0.800. The summed E-state index contributed by atoms with van der Waals surface area (Å²) < 4.78 is 0. The number of hydrogen-bond acceptors (Lipinski definition) is 6. The quantitative estimate of drug-likeness (QED) is 0.391. The summed E-state index contributed by atoms with van der Waals surface area (Å²) >= 11 is 1.11. The first-order valence-electron chi connectivity index (χ1n) is 6.39. The number of carbonyl (C=O) groups is 3. The second-order valence-corrected chi connectivity index (χ2v) is 5.93. The summed E-state index contributed by atoms with van der Waals surface area (Å²) in [5, 5.41) is 24.8. The minimum atomic E-state index is -1.41. The molecule has 0 aliphatic carbocycles. The largest absolute Gasteiger partial charge is 1.00 e. The molecule has 7 nitrogen and oxygen atoms in total. The van der Waals surface area contributed by atoms with Crippen LogP contribution >= 0.6 is 11.8 Å². The third kappa shape index (κ3) is 3.57. The Morgan fingerprint density at radius 2 is 2.18 bits per heavy atom. The fourth-order valence-electron chi connectivity index (χ4n) is 2.59. The van der Waals surface area contributed by atoms with Crippen molar-refractivity contribution in [1.82, 2.24) is 10.2 Å². The van der Waals surface area contributed by atoms with E-state index in [9.17, 15) is 24.6 Å². The van der Waals surface area contributed by atoms with Crippen molar-refractivity contribution in [3.63, 3.8) is 0 Å². The van der Waals surface area contributed by atoms with E-state index in [-0.39, 0.29) is 47.2 Å². The molecule has 2 rings (SSSR count). The maximum absolute atomic E-state index is 11.9. The topological polar surface area (TPSA) is 110 Å². The molecule has 0 radical (unpaired) electrons. The van der Waals surface area contributed by atoms with Gasteiger partial charge in [0.25, 0.3) is 0 Å². The number of aliphatic hydroxyl groups is 1. The molecule has 2 aliphatic heterocycles. The van der Waals surface area contributed by atoms with Crippen molar-refractivity contribution in [2.45, 2.75) is 32.4 Å². The summed E-state index contributed by atoms with van der Waals surface area (Å²) in [6.07, 6.45) is 0.942. The van der Waals surface area contributed by atoms with Crippen LogP contribution in [0.3, 0.4) is 0 Å². The number of carboxylic acids is 1. The summed E-state index contributed by atoms with van der Waals surface area (Å²) in [6, 6.07) is -0.331. The molecule has 3 atom stereocenters. The number of amides is 2. The fraction of sp³-hybridized carbons (Fsp3) is 0.462. The Bertz CT molecular complexity index is 561. The smallest absolute Gasteiger partial charge is 0.543 e. The molecular weight excluding hydrogens is 319 g/mol. The van der Waals surface area contributed by atoms with Gasteiger partial charge in [-0.05, 0) is 12.3 Å². The monoisotopic (exact) mass is 334 g/mol. The Kier molecular flexibility index (Phi) is 6.69. The van der Waals surface area contributed by atoms with Gasteiger partial charge >= 0.3 is 29.6 Å². The predicted molar refractivity (Wildman–Crippen MR) is 73.0 cm³/mol. The van der Waals surface area contributed by atoms with Crippen LogP contribution in [0.1, 0.15) is 20.3 Å². The average molecular weight is 334 g/mol. The number of aliphatic carboxylic acids is 1. The Labute approximate surface area is 154 Å². The van der Waals surface area contributed by atoms with Crippen molar-refractivity contribution < 1.29 is 54.2 Å². The summed E-state index contributed by atoms with van der Waals surface area (Å²) in [6.45, 7) is 2.87. The number of rotatable bonds is 5. The molecule has 2 N–H and O–H groups in total. The number of β-lactam (4-membered cyclic amide) rings is 1. The molecule has 2 amide bonds. The summed E-state index contributed by atoms with van der Waals surface area (Å²) in [7, 11) is 0. The van der Waals surface area contributed by atoms with Crippen molar-refractivity contribution in [2.75, 3.05) is 0 Å². The van der Waals surface area contributed by atoms with Gasteiger partial charge in [-0.3, -0.25) is 9.59 Å². The van der Waals surface area contributed by atoms with E-state index >= 15 is 0 Å². The molecule has 114 valence electrons. The van der Waals surface area contributed by atoms with Crippen LogP contribution in [0.4, 0.5) is 0 Å². The van der Waals surface area contributed by atoms with Gasteiger partial charge in [-0.1, -0.05) is 11.8 Å². The summed E-state index contributed by atoms with van der Waals surface area (Å²) in [4.78, 5) is 35.5. The van der Waals surface area contributed by atoms with Crippen LogP contribution in [-0.2, 0) is 14.4 Å². The first kappa shape index (κ1) is 19.2. The molecule has 0 saturated carbocycles. The number of carbonyl (C=O) groups excluding carboxylic acids is 3. The van der Waals surface area contributed by atoms with E-state index in [2.05, 4.69) is 5.32 Å². The molecule has 2 aliphatic rings. The molecule has 0 aromatic heterocycles. The molecule has 2 heterocycles. The van der Waals surface area contributed by atoms with Gasteiger partial charge in [0.05, 0.1) is 29.7 Å². The fourth-order valence-corrected chi connectivity index (χ4v) is 3.45. The number of aliphatic hydroxyl groups excluding tert-OH is 1. The van der Waals surface area contributed by atoms with Gasteiger partial charge in [-0.2, -0.15) is 0 Å². The van der Waals surface area contributed by atoms with Gasteiger partial charge in [0.1, 0.15) is 0 Å². The van der Waals surface area contributed by atoms with Gasteiger partial charge in [0, 0.05) is 24.4 Å². The minimum absolute atomic E-state index is 0. The molecule has 0 spiro atoms. The van der Waals surface area contributed by atoms with E-state index in [4.69, 9.17) is 0 Å².